The highest BCUT2D eigenvalue weighted by Crippen LogP contribution is 2.19. The van der Waals surface area contributed by atoms with Gasteiger partial charge in [0, 0.05) is 20.0 Å². The second-order valence-corrected chi connectivity index (χ2v) is 5.06. The van der Waals surface area contributed by atoms with E-state index in [2.05, 4.69) is 11.8 Å². The number of nitrogens with zero attached hydrogens (tertiary/aromatic N) is 2. The highest BCUT2D eigenvalue weighted by Gasteiger charge is 2.25. The zero-order valence-corrected chi connectivity index (χ0v) is 11.0. The van der Waals surface area contributed by atoms with Crippen molar-refractivity contribution in [2.75, 3.05) is 33.7 Å². The van der Waals surface area contributed by atoms with E-state index < -0.39 is 0 Å². The van der Waals surface area contributed by atoms with Crippen LogP contribution in [-0.4, -0.2) is 49.4 Å². The Morgan fingerprint density at radius 3 is 2.38 bits per heavy atom. The third-order valence-corrected chi connectivity index (χ3v) is 3.46. The molecule has 1 amide bonds. The molecule has 3 nitrogen and oxygen atoms in total. The molecule has 0 aromatic carbocycles. The molecule has 1 heterocycles. The molecule has 1 rings (SSSR count). The molecule has 3 heteroatoms. The van der Waals surface area contributed by atoms with Crippen molar-refractivity contribution in [3.63, 3.8) is 0 Å². The summed E-state index contributed by atoms with van der Waals surface area (Å²) in [7, 11) is 3.71. The molecule has 0 aromatic rings. The molecule has 0 aliphatic carbocycles. The van der Waals surface area contributed by atoms with Gasteiger partial charge in [-0.25, -0.2) is 0 Å². The van der Waals surface area contributed by atoms with Crippen LogP contribution in [0.1, 0.15) is 39.0 Å². The molecule has 94 valence electrons. The van der Waals surface area contributed by atoms with Gasteiger partial charge in [-0.05, 0) is 38.9 Å². The fraction of sp³-hybridized carbons (Fsp3) is 0.923. The van der Waals surface area contributed by atoms with Gasteiger partial charge in [0.15, 0.2) is 0 Å². The van der Waals surface area contributed by atoms with Crippen LogP contribution >= 0.6 is 0 Å². The third-order valence-electron chi connectivity index (χ3n) is 3.46. The maximum absolute atomic E-state index is 11.8. The lowest BCUT2D eigenvalue weighted by atomic mass is 9.95. The van der Waals surface area contributed by atoms with Crippen LogP contribution in [0, 0.1) is 5.92 Å². The van der Waals surface area contributed by atoms with E-state index in [1.165, 1.54) is 25.8 Å². The van der Waals surface area contributed by atoms with Gasteiger partial charge in [0.1, 0.15) is 0 Å². The van der Waals surface area contributed by atoms with Gasteiger partial charge < -0.3 is 9.80 Å². The molecule has 0 radical (unpaired) electrons. The number of hydrogen-bond acceptors (Lipinski definition) is 2. The Morgan fingerprint density at radius 2 is 1.88 bits per heavy atom. The smallest absolute Gasteiger partial charge is 0.225 e. The van der Waals surface area contributed by atoms with E-state index in [-0.39, 0.29) is 5.92 Å². The Labute approximate surface area is 99.8 Å². The van der Waals surface area contributed by atoms with Crippen LogP contribution in [0.4, 0.5) is 0 Å². The first kappa shape index (κ1) is 13.5. The van der Waals surface area contributed by atoms with E-state index in [4.69, 9.17) is 0 Å². The molecule has 1 saturated heterocycles. The summed E-state index contributed by atoms with van der Waals surface area (Å²) in [5.41, 5.74) is 0. The first-order chi connectivity index (χ1) is 7.65. The molecular weight excluding hydrogens is 200 g/mol. The molecule has 1 aliphatic rings. The second-order valence-electron chi connectivity index (χ2n) is 5.06. The molecule has 1 fully saturated rings. The minimum Gasteiger partial charge on any atom is -0.349 e. The van der Waals surface area contributed by atoms with Gasteiger partial charge in [-0.2, -0.15) is 0 Å². The zero-order valence-electron chi connectivity index (χ0n) is 11.0. The Balaban J connectivity index is 2.20. The standard InChI is InChI=1S/C13H26N2O/c1-4-5-6-9-15-10-7-12(8-11-15)13(16)14(2)3/h12H,4-11H2,1-3H3. The lowest BCUT2D eigenvalue weighted by molar-refractivity contribution is -0.134. The average molecular weight is 226 g/mol. The average Bonchev–Trinajstić information content (AvgIpc) is 2.29. The van der Waals surface area contributed by atoms with Crippen molar-refractivity contribution in [3.05, 3.63) is 0 Å². The number of hydrogen-bond donors (Lipinski definition) is 0. The van der Waals surface area contributed by atoms with Gasteiger partial charge >= 0.3 is 0 Å². The molecule has 1 aliphatic heterocycles. The highest BCUT2D eigenvalue weighted by atomic mass is 16.2. The molecule has 0 aromatic heterocycles. The lowest BCUT2D eigenvalue weighted by Gasteiger charge is -2.32. The summed E-state index contributed by atoms with van der Waals surface area (Å²) >= 11 is 0. The lowest BCUT2D eigenvalue weighted by Crippen LogP contribution is -2.40. The monoisotopic (exact) mass is 226 g/mol. The van der Waals surface area contributed by atoms with Gasteiger partial charge in [0.25, 0.3) is 0 Å². The molecule has 0 atom stereocenters. The third kappa shape index (κ3) is 4.12. The first-order valence-corrected chi connectivity index (χ1v) is 6.58. The van der Waals surface area contributed by atoms with Crippen molar-refractivity contribution < 1.29 is 4.79 Å². The van der Waals surface area contributed by atoms with E-state index in [1.807, 2.05) is 14.1 Å². The molecule has 0 bridgehead atoms. The number of rotatable bonds is 5. The maximum atomic E-state index is 11.8. The molecule has 0 spiro atoms. The topological polar surface area (TPSA) is 23.6 Å². The van der Waals surface area contributed by atoms with Gasteiger partial charge in [0.2, 0.25) is 5.91 Å². The maximum Gasteiger partial charge on any atom is 0.225 e. The van der Waals surface area contributed by atoms with Crippen LogP contribution in [0.15, 0.2) is 0 Å². The Morgan fingerprint density at radius 1 is 1.25 bits per heavy atom. The van der Waals surface area contributed by atoms with Gasteiger partial charge in [-0.15, -0.1) is 0 Å². The Bertz CT molecular complexity index is 208. The summed E-state index contributed by atoms with van der Waals surface area (Å²) < 4.78 is 0. The largest absolute Gasteiger partial charge is 0.349 e. The van der Waals surface area contributed by atoms with Crippen molar-refractivity contribution in [3.8, 4) is 0 Å². The minimum absolute atomic E-state index is 0.275. The van der Waals surface area contributed by atoms with E-state index in [1.54, 1.807) is 4.90 Å². The van der Waals surface area contributed by atoms with Crippen LogP contribution in [0.25, 0.3) is 0 Å². The predicted octanol–water partition coefficient (Wildman–Crippen LogP) is 1.98. The molecule has 0 N–H and O–H groups in total. The van der Waals surface area contributed by atoms with Gasteiger partial charge in [-0.3, -0.25) is 4.79 Å². The van der Waals surface area contributed by atoms with Crippen LogP contribution in [0.2, 0.25) is 0 Å². The van der Waals surface area contributed by atoms with Crippen molar-refractivity contribution in [1.29, 1.82) is 0 Å². The summed E-state index contributed by atoms with van der Waals surface area (Å²) in [6.45, 7) is 5.67. The molecular formula is C13H26N2O. The van der Waals surface area contributed by atoms with Crippen molar-refractivity contribution in [2.24, 2.45) is 5.92 Å². The molecule has 0 saturated carbocycles. The fourth-order valence-corrected chi connectivity index (χ4v) is 2.35. The number of amides is 1. The normalized spacial score (nSPS) is 18.7. The summed E-state index contributed by atoms with van der Waals surface area (Å²) in [4.78, 5) is 16.0. The minimum atomic E-state index is 0.275. The Hall–Kier alpha value is -0.570. The second kappa shape index (κ2) is 6.89. The van der Waals surface area contributed by atoms with E-state index in [0.29, 0.717) is 5.91 Å². The Kier molecular flexibility index (Phi) is 5.81. The van der Waals surface area contributed by atoms with Crippen LogP contribution in [-0.2, 0) is 4.79 Å². The van der Waals surface area contributed by atoms with Crippen LogP contribution in [0.5, 0.6) is 0 Å². The number of carbonyl (C=O) groups is 1. The fourth-order valence-electron chi connectivity index (χ4n) is 2.35. The summed E-state index contributed by atoms with van der Waals surface area (Å²) in [6.07, 6.45) is 6.02. The van der Waals surface area contributed by atoms with Gasteiger partial charge in [0.05, 0.1) is 0 Å². The number of unbranched alkanes of at least 4 members (excludes halogenated alkanes) is 2. The van der Waals surface area contributed by atoms with Gasteiger partial charge in [-0.1, -0.05) is 19.8 Å². The summed E-state index contributed by atoms with van der Waals surface area (Å²) in [6, 6.07) is 0. The predicted molar refractivity (Wildman–Crippen MR) is 67.4 cm³/mol. The number of carbonyl (C=O) groups excluding carboxylic acids is 1. The SMILES string of the molecule is CCCCCN1CCC(C(=O)N(C)C)CC1. The van der Waals surface area contributed by atoms with Crippen molar-refractivity contribution in [1.82, 2.24) is 9.80 Å². The van der Waals surface area contributed by atoms with E-state index in [9.17, 15) is 4.79 Å². The molecule has 0 unspecified atom stereocenters. The number of likely N-dealkylation sites (tertiary alicyclic amines) is 1. The number of piperidine rings is 1. The van der Waals surface area contributed by atoms with Crippen LogP contribution < -0.4 is 0 Å². The quantitative estimate of drug-likeness (QED) is 0.669. The van der Waals surface area contributed by atoms with E-state index in [0.717, 1.165) is 25.9 Å². The summed E-state index contributed by atoms with van der Waals surface area (Å²) in [5, 5.41) is 0. The first-order valence-electron chi connectivity index (χ1n) is 6.58. The van der Waals surface area contributed by atoms with E-state index >= 15 is 0 Å². The van der Waals surface area contributed by atoms with Crippen molar-refractivity contribution in [2.45, 2.75) is 39.0 Å². The summed E-state index contributed by atoms with van der Waals surface area (Å²) in [5.74, 6) is 0.589. The van der Waals surface area contributed by atoms with Crippen LogP contribution in [0.3, 0.4) is 0 Å². The highest BCUT2D eigenvalue weighted by molar-refractivity contribution is 5.78. The molecule has 16 heavy (non-hydrogen) atoms. The van der Waals surface area contributed by atoms with Crippen molar-refractivity contribution >= 4 is 5.91 Å². The zero-order chi connectivity index (χ0) is 12.0.